The fraction of sp³-hybridized carbons (Fsp3) is 0.333. The minimum atomic E-state index is -0.750. The molecule has 3 aliphatic rings. The van der Waals surface area contributed by atoms with Crippen LogP contribution in [0, 0.1) is 11.8 Å². The van der Waals surface area contributed by atoms with E-state index in [2.05, 4.69) is 5.32 Å². The highest BCUT2D eigenvalue weighted by molar-refractivity contribution is 6.03. The first-order valence-electron chi connectivity index (χ1n) is 10.3. The molecule has 2 aromatic rings. The van der Waals surface area contributed by atoms with E-state index in [-0.39, 0.29) is 17.9 Å². The van der Waals surface area contributed by atoms with Gasteiger partial charge in [0.15, 0.2) is 0 Å². The standard InChI is InChI=1S/C24H24N2O5/c1-29-17-8-6-16(7-9-17)26-14-24-11-10-19(31-24)20(21(24)23(26)28)22(27)25-13-15-4-3-5-18(12-15)30-2/h3-12,19-21H,13-14H2,1-2H3,(H,25,27)/t19-,20?,21?,24?/m0/s1. The lowest BCUT2D eigenvalue weighted by Gasteiger charge is -2.23. The summed E-state index contributed by atoms with van der Waals surface area (Å²) in [5, 5.41) is 2.98. The molecule has 1 spiro atoms. The Hall–Kier alpha value is -3.32. The van der Waals surface area contributed by atoms with Crippen molar-refractivity contribution in [3.8, 4) is 11.5 Å². The number of fused-ring (bicyclic) bond motifs is 1. The van der Waals surface area contributed by atoms with Crippen molar-refractivity contribution in [3.05, 3.63) is 66.2 Å². The van der Waals surface area contributed by atoms with E-state index in [1.54, 1.807) is 19.1 Å². The zero-order valence-corrected chi connectivity index (χ0v) is 17.4. The molecule has 7 nitrogen and oxygen atoms in total. The van der Waals surface area contributed by atoms with Gasteiger partial charge in [-0.2, -0.15) is 0 Å². The highest BCUT2D eigenvalue weighted by Gasteiger charge is 2.67. The molecule has 2 fully saturated rings. The monoisotopic (exact) mass is 420 g/mol. The molecule has 2 bridgehead atoms. The molecule has 0 aromatic heterocycles. The van der Waals surface area contributed by atoms with Crippen molar-refractivity contribution >= 4 is 17.5 Å². The lowest BCUT2D eigenvalue weighted by Crippen LogP contribution is -2.43. The van der Waals surface area contributed by atoms with Gasteiger partial charge in [0, 0.05) is 12.2 Å². The van der Waals surface area contributed by atoms with Crippen molar-refractivity contribution in [2.45, 2.75) is 18.2 Å². The van der Waals surface area contributed by atoms with E-state index in [0.29, 0.717) is 13.1 Å². The van der Waals surface area contributed by atoms with Crippen LogP contribution in [-0.2, 0) is 20.9 Å². The number of ether oxygens (including phenoxy) is 3. The van der Waals surface area contributed by atoms with Gasteiger partial charge in [-0.05, 0) is 42.0 Å². The Balaban J connectivity index is 1.34. The third-order valence-electron chi connectivity index (χ3n) is 6.39. The van der Waals surface area contributed by atoms with Gasteiger partial charge < -0.3 is 24.4 Å². The van der Waals surface area contributed by atoms with Gasteiger partial charge >= 0.3 is 0 Å². The Labute approximate surface area is 180 Å². The second kappa shape index (κ2) is 7.42. The van der Waals surface area contributed by atoms with Crippen molar-refractivity contribution in [1.82, 2.24) is 5.32 Å². The molecule has 1 N–H and O–H groups in total. The van der Waals surface area contributed by atoms with E-state index in [1.165, 1.54) is 0 Å². The summed E-state index contributed by atoms with van der Waals surface area (Å²) in [6.07, 6.45) is 3.49. The molecular weight excluding hydrogens is 396 g/mol. The second-order valence-corrected chi connectivity index (χ2v) is 8.09. The van der Waals surface area contributed by atoms with Crippen molar-refractivity contribution in [1.29, 1.82) is 0 Å². The van der Waals surface area contributed by atoms with Crippen LogP contribution in [0.25, 0.3) is 0 Å². The number of methoxy groups -OCH3 is 2. The summed E-state index contributed by atoms with van der Waals surface area (Å²) in [6.45, 7) is 0.758. The number of carbonyl (C=O) groups excluding carboxylic acids is 2. The molecule has 2 saturated heterocycles. The van der Waals surface area contributed by atoms with Crippen molar-refractivity contribution in [2.24, 2.45) is 11.8 Å². The van der Waals surface area contributed by atoms with E-state index in [1.807, 2.05) is 60.7 Å². The summed E-state index contributed by atoms with van der Waals surface area (Å²) in [5.41, 5.74) is 0.949. The van der Waals surface area contributed by atoms with Crippen LogP contribution in [0.1, 0.15) is 5.56 Å². The van der Waals surface area contributed by atoms with Gasteiger partial charge in [0.1, 0.15) is 17.1 Å². The molecule has 3 heterocycles. The zero-order chi connectivity index (χ0) is 21.6. The first-order valence-corrected chi connectivity index (χ1v) is 10.3. The highest BCUT2D eigenvalue weighted by atomic mass is 16.5. The fourth-order valence-corrected chi connectivity index (χ4v) is 4.87. The number of nitrogens with one attached hydrogen (secondary N) is 1. The Kier molecular flexibility index (Phi) is 4.70. The molecule has 4 atom stereocenters. The first kappa shape index (κ1) is 19.6. The number of anilines is 1. The summed E-state index contributed by atoms with van der Waals surface area (Å²) >= 11 is 0. The topological polar surface area (TPSA) is 77.1 Å². The lowest BCUT2D eigenvalue weighted by molar-refractivity contribution is -0.132. The van der Waals surface area contributed by atoms with Crippen LogP contribution in [0.15, 0.2) is 60.7 Å². The first-order chi connectivity index (χ1) is 15.0. The molecule has 2 aromatic carbocycles. The van der Waals surface area contributed by atoms with Crippen LogP contribution in [0.4, 0.5) is 5.69 Å². The molecule has 0 saturated carbocycles. The molecular formula is C24H24N2O5. The summed E-state index contributed by atoms with van der Waals surface area (Å²) in [4.78, 5) is 28.2. The summed E-state index contributed by atoms with van der Waals surface area (Å²) < 4.78 is 16.6. The van der Waals surface area contributed by atoms with Gasteiger partial charge in [-0.15, -0.1) is 0 Å². The summed E-state index contributed by atoms with van der Waals surface area (Å²) in [7, 11) is 3.21. The third-order valence-corrected chi connectivity index (χ3v) is 6.39. The number of hydrogen-bond donors (Lipinski definition) is 1. The Morgan fingerprint density at radius 2 is 1.94 bits per heavy atom. The molecule has 5 rings (SSSR count). The van der Waals surface area contributed by atoms with Crippen LogP contribution in [0.5, 0.6) is 11.5 Å². The molecule has 3 unspecified atom stereocenters. The SMILES string of the molecule is COc1ccc(N2CC34C=C[C@H](O3)C(C(=O)NCc3cccc(OC)c3)C4C2=O)cc1. The number of nitrogens with zero attached hydrogens (tertiary/aromatic N) is 1. The number of rotatable bonds is 6. The lowest BCUT2D eigenvalue weighted by atomic mass is 9.77. The molecule has 160 valence electrons. The Morgan fingerprint density at radius 3 is 2.68 bits per heavy atom. The molecule has 7 heteroatoms. The van der Waals surface area contributed by atoms with Gasteiger partial charge in [0.05, 0.1) is 38.7 Å². The van der Waals surface area contributed by atoms with Gasteiger partial charge in [-0.3, -0.25) is 9.59 Å². The maximum Gasteiger partial charge on any atom is 0.234 e. The quantitative estimate of drug-likeness (QED) is 0.726. The van der Waals surface area contributed by atoms with Crippen LogP contribution in [0.3, 0.4) is 0 Å². The van der Waals surface area contributed by atoms with Crippen LogP contribution in [-0.4, -0.2) is 44.3 Å². The van der Waals surface area contributed by atoms with Crippen LogP contribution >= 0.6 is 0 Å². The maximum atomic E-state index is 13.4. The zero-order valence-electron chi connectivity index (χ0n) is 17.4. The molecule has 0 aliphatic carbocycles. The molecule has 0 radical (unpaired) electrons. The van der Waals surface area contributed by atoms with Crippen LogP contribution in [0.2, 0.25) is 0 Å². The number of hydrogen-bond acceptors (Lipinski definition) is 5. The number of benzene rings is 2. The van der Waals surface area contributed by atoms with E-state index >= 15 is 0 Å². The molecule has 31 heavy (non-hydrogen) atoms. The van der Waals surface area contributed by atoms with Crippen molar-refractivity contribution < 1.29 is 23.8 Å². The van der Waals surface area contributed by atoms with Gasteiger partial charge in [0.25, 0.3) is 0 Å². The molecule has 2 amide bonds. The molecule has 3 aliphatic heterocycles. The fourth-order valence-electron chi connectivity index (χ4n) is 4.87. The Bertz CT molecular complexity index is 1050. The predicted octanol–water partition coefficient (Wildman–Crippen LogP) is 2.31. The predicted molar refractivity (Wildman–Crippen MR) is 114 cm³/mol. The maximum absolute atomic E-state index is 13.4. The van der Waals surface area contributed by atoms with E-state index in [4.69, 9.17) is 14.2 Å². The normalized spacial score (nSPS) is 28.0. The minimum Gasteiger partial charge on any atom is -0.497 e. The summed E-state index contributed by atoms with van der Waals surface area (Å²) in [6, 6.07) is 14.9. The number of carbonyl (C=O) groups is 2. The highest BCUT2D eigenvalue weighted by Crippen LogP contribution is 2.52. The Morgan fingerprint density at radius 1 is 1.16 bits per heavy atom. The number of amides is 2. The minimum absolute atomic E-state index is 0.0847. The third kappa shape index (κ3) is 3.16. The van der Waals surface area contributed by atoms with E-state index < -0.39 is 17.4 Å². The van der Waals surface area contributed by atoms with Gasteiger partial charge in [-0.25, -0.2) is 0 Å². The summed E-state index contributed by atoms with van der Waals surface area (Å²) in [5.74, 6) is 0.118. The van der Waals surface area contributed by atoms with Crippen molar-refractivity contribution in [3.63, 3.8) is 0 Å². The van der Waals surface area contributed by atoms with Gasteiger partial charge in [-0.1, -0.05) is 24.3 Å². The van der Waals surface area contributed by atoms with Crippen LogP contribution < -0.4 is 19.7 Å². The largest absolute Gasteiger partial charge is 0.497 e. The second-order valence-electron chi connectivity index (χ2n) is 8.09. The average Bonchev–Trinajstić information content (AvgIpc) is 3.46. The smallest absolute Gasteiger partial charge is 0.234 e. The van der Waals surface area contributed by atoms with E-state index in [0.717, 1.165) is 22.7 Å². The van der Waals surface area contributed by atoms with E-state index in [9.17, 15) is 9.59 Å². The van der Waals surface area contributed by atoms with Gasteiger partial charge in [0.2, 0.25) is 11.8 Å². The van der Waals surface area contributed by atoms with Crippen molar-refractivity contribution in [2.75, 3.05) is 25.7 Å². The average molecular weight is 420 g/mol.